The van der Waals surface area contributed by atoms with Crippen molar-refractivity contribution in [1.82, 2.24) is 47.4 Å². The maximum absolute atomic E-state index is 15.0. The SMILES string of the molecule is CC(C)[C@@H]1NC(=O)[C@@H](CC(N)=O)NC(=O)[C@H](CCCN=C(N)N)NC(=O)[C@H](CCCN=C(N)N)NC(=O)[C@H](Cc2ccc(F)cc2)NC(=O)[C@H](Cc2ccc(O)cc2)NC(=O)[C@H](CCC(N)=O)NC(=O)C[C@@H](CCc2ccccc2)NC(=O)[C@@H]2CCCCN2C(=O)C(=O)C(C)(C)COC1=O. The molecular weight excluding hydrogens is 1300 g/mol. The molecule has 21 N–H and O–H groups in total. The fourth-order valence-corrected chi connectivity index (χ4v) is 11.0. The van der Waals surface area contributed by atoms with E-state index in [1.165, 1.54) is 64.1 Å². The first-order valence-corrected chi connectivity index (χ1v) is 33.0. The van der Waals surface area contributed by atoms with E-state index in [9.17, 15) is 67.0 Å². The minimum atomic E-state index is -1.84. The monoisotopic (exact) mass is 1400 g/mol. The number of rotatable bonds is 21. The summed E-state index contributed by atoms with van der Waals surface area (Å²) in [5.41, 5.74) is 33.2. The van der Waals surface area contributed by atoms with Crippen LogP contribution in [0.4, 0.5) is 4.39 Å². The molecule has 544 valence electrons. The number of piperidine rings is 1. The summed E-state index contributed by atoms with van der Waals surface area (Å²) >= 11 is 0. The highest BCUT2D eigenvalue weighted by Crippen LogP contribution is 2.25. The van der Waals surface area contributed by atoms with Crippen LogP contribution in [0.5, 0.6) is 5.75 Å². The van der Waals surface area contributed by atoms with Gasteiger partial charge >= 0.3 is 5.97 Å². The molecule has 3 aromatic carbocycles. The van der Waals surface area contributed by atoms with Crippen molar-refractivity contribution in [3.05, 3.63) is 101 Å². The Kier molecular flexibility index (Phi) is 31.2. The topological polar surface area (TPSA) is 532 Å². The molecule has 11 amide bonds. The van der Waals surface area contributed by atoms with Gasteiger partial charge in [-0.05, 0) is 125 Å². The average molecular weight is 1400 g/mol. The number of fused-ring (bicyclic) bond motifs is 1. The minimum absolute atomic E-state index is 0.0188. The van der Waals surface area contributed by atoms with E-state index in [4.69, 9.17) is 39.1 Å². The van der Waals surface area contributed by atoms with Gasteiger partial charge in [0, 0.05) is 51.4 Å². The van der Waals surface area contributed by atoms with Gasteiger partial charge in [-0.25, -0.2) is 9.18 Å². The van der Waals surface area contributed by atoms with E-state index >= 15 is 4.79 Å². The molecule has 0 spiro atoms. The number of aromatic hydroxyl groups is 1. The van der Waals surface area contributed by atoms with Crippen LogP contribution in [-0.2, 0) is 86.3 Å². The van der Waals surface area contributed by atoms with Crippen molar-refractivity contribution >= 4 is 88.7 Å². The number of amides is 11. The number of primary amides is 2. The molecule has 9 atom stereocenters. The van der Waals surface area contributed by atoms with Gasteiger partial charge in [-0.3, -0.25) is 67.5 Å². The molecule has 33 heteroatoms. The lowest BCUT2D eigenvalue weighted by molar-refractivity contribution is -0.159. The van der Waals surface area contributed by atoms with Crippen molar-refractivity contribution in [1.29, 1.82) is 0 Å². The number of cyclic esters (lactones) is 1. The molecule has 0 radical (unpaired) electrons. The Balaban J connectivity index is 1.66. The number of hydrogen-bond donors (Lipinski definition) is 15. The van der Waals surface area contributed by atoms with Gasteiger partial charge in [0.15, 0.2) is 11.9 Å². The van der Waals surface area contributed by atoms with E-state index < -0.39 is 187 Å². The van der Waals surface area contributed by atoms with Gasteiger partial charge < -0.3 is 91.7 Å². The highest BCUT2D eigenvalue weighted by molar-refractivity contribution is 6.38. The van der Waals surface area contributed by atoms with Crippen molar-refractivity contribution in [3.8, 4) is 5.75 Å². The third-order valence-electron chi connectivity index (χ3n) is 16.6. The van der Waals surface area contributed by atoms with E-state index in [0.717, 1.165) is 22.6 Å². The second kappa shape index (κ2) is 39.0. The Bertz CT molecular complexity index is 3440. The van der Waals surface area contributed by atoms with Crippen LogP contribution in [0.15, 0.2) is 88.8 Å². The van der Waals surface area contributed by atoms with Crippen LogP contribution in [-0.4, -0.2) is 179 Å². The van der Waals surface area contributed by atoms with Crippen molar-refractivity contribution in [3.63, 3.8) is 0 Å². The molecule has 2 heterocycles. The zero-order valence-corrected chi connectivity index (χ0v) is 56.6. The molecule has 2 aliphatic rings. The number of halogens is 1. The number of esters is 1. The number of benzene rings is 3. The van der Waals surface area contributed by atoms with Gasteiger partial charge in [0.25, 0.3) is 5.91 Å². The maximum atomic E-state index is 15.0. The Morgan fingerprint density at radius 1 is 0.580 bits per heavy atom. The van der Waals surface area contributed by atoms with E-state index in [1.54, 1.807) is 18.2 Å². The number of carbonyl (C=O) groups is 13. The van der Waals surface area contributed by atoms with Gasteiger partial charge in [-0.2, -0.15) is 0 Å². The smallest absolute Gasteiger partial charge is 0.328 e. The van der Waals surface area contributed by atoms with Crippen LogP contribution in [0.2, 0.25) is 0 Å². The van der Waals surface area contributed by atoms with Crippen molar-refractivity contribution in [2.24, 2.45) is 55.7 Å². The standard InChI is InChI=1S/C67H94FN17O15/c1-37(2)54-64(99)100-36-67(3,4)55(90)63(98)85-31-9-8-16-50(85)62(97)77-42(24-19-38-12-6-5-7-13-38)34-53(89)78-46(27-28-51(69)87)58(93)81-48(33-40-20-25-43(86)26-21-40)60(95)82-47(32-39-17-22-41(68)23-18-39)59(94)80-44(14-10-29-75-65(71)72)56(91)79-45(15-11-30-76-66(73)74)57(92)83-49(35-52(70)88)61(96)84-54/h5-7,12-13,17-18,20-23,25-26,37,42,44-50,54,86H,8-11,14-16,19,24,27-36H2,1-4H3,(H2,69,87)(H2,70,88)(H,77,97)(H,78,89)(H,79,91)(H,80,94)(H,81,93)(H,82,95)(H,83,92)(H,84,96)(H4,71,72,75)(H4,73,74,76)/t42-,44+,45+,46+,47+,48+,49-,50+,54+/m1/s1. The van der Waals surface area contributed by atoms with Gasteiger partial charge in [-0.15, -0.1) is 0 Å². The number of ketones is 1. The number of Topliss-reactive ketones (excluding diaryl/α,β-unsaturated/α-hetero) is 1. The van der Waals surface area contributed by atoms with Crippen LogP contribution in [0.1, 0.15) is 121 Å². The number of aliphatic imine (C=N–C) groups is 2. The predicted molar refractivity (Wildman–Crippen MR) is 363 cm³/mol. The Morgan fingerprint density at radius 2 is 1.07 bits per heavy atom. The quantitative estimate of drug-likeness (QED) is 0.0175. The lowest BCUT2D eigenvalue weighted by Gasteiger charge is -2.36. The summed E-state index contributed by atoms with van der Waals surface area (Å²) in [5, 5.41) is 31.1. The average Bonchev–Trinajstić information content (AvgIpc) is 0.818. The van der Waals surface area contributed by atoms with Gasteiger partial charge in [0.05, 0.1) is 11.8 Å². The Morgan fingerprint density at radius 3 is 1.58 bits per heavy atom. The number of aryl methyl sites for hydroxylation is 1. The molecule has 0 bridgehead atoms. The van der Waals surface area contributed by atoms with Crippen LogP contribution in [0.25, 0.3) is 0 Å². The van der Waals surface area contributed by atoms with Crippen LogP contribution in [0.3, 0.4) is 0 Å². The van der Waals surface area contributed by atoms with Crippen molar-refractivity contribution in [2.45, 2.75) is 178 Å². The van der Waals surface area contributed by atoms with E-state index in [0.29, 0.717) is 24.8 Å². The number of nitrogens with zero attached hydrogens (tertiary/aromatic N) is 3. The zero-order chi connectivity index (χ0) is 73.8. The summed E-state index contributed by atoms with van der Waals surface area (Å²) < 4.78 is 20.1. The molecule has 0 aliphatic carbocycles. The Hall–Kier alpha value is -10.8. The van der Waals surface area contributed by atoms with Crippen molar-refractivity contribution in [2.75, 3.05) is 26.2 Å². The number of nitrogens with two attached hydrogens (primary N) is 6. The molecule has 0 saturated carbocycles. The lowest BCUT2D eigenvalue weighted by atomic mass is 9.87. The molecule has 2 saturated heterocycles. The molecule has 0 unspecified atom stereocenters. The minimum Gasteiger partial charge on any atom is -0.508 e. The molecule has 0 aromatic heterocycles. The number of carbonyl (C=O) groups excluding carboxylic acids is 13. The van der Waals surface area contributed by atoms with Gasteiger partial charge in [-0.1, -0.05) is 68.4 Å². The normalized spacial score (nSPS) is 23.1. The summed E-state index contributed by atoms with van der Waals surface area (Å²) in [6.45, 7) is 4.73. The van der Waals surface area contributed by atoms with Crippen LogP contribution in [0, 0.1) is 17.2 Å². The first-order chi connectivity index (χ1) is 47.3. The molecule has 2 aliphatic heterocycles. The fourth-order valence-electron chi connectivity index (χ4n) is 11.0. The van der Waals surface area contributed by atoms with Crippen LogP contribution >= 0.6 is 0 Å². The second-order valence-electron chi connectivity index (χ2n) is 25.7. The highest BCUT2D eigenvalue weighted by Gasteiger charge is 2.43. The first kappa shape index (κ1) is 79.9. The zero-order valence-electron chi connectivity index (χ0n) is 56.6. The molecule has 3 aromatic rings. The third kappa shape index (κ3) is 26.6. The summed E-state index contributed by atoms with van der Waals surface area (Å²) in [7, 11) is 0. The van der Waals surface area contributed by atoms with E-state index in [2.05, 4.69) is 52.5 Å². The number of nitrogens with one attached hydrogen (secondary N) is 8. The fraction of sp³-hybridized carbons (Fsp3) is 0.507. The van der Waals surface area contributed by atoms with E-state index in [1.807, 2.05) is 12.1 Å². The number of hydrogen-bond acceptors (Lipinski definition) is 17. The lowest BCUT2D eigenvalue weighted by Crippen LogP contribution is -2.60. The largest absolute Gasteiger partial charge is 0.508 e. The summed E-state index contributed by atoms with van der Waals surface area (Å²) in [6, 6.07) is 5.44. The first-order valence-electron chi connectivity index (χ1n) is 33.0. The molecule has 2 fully saturated rings. The number of phenols is 1. The van der Waals surface area contributed by atoms with Crippen LogP contribution < -0.4 is 76.9 Å². The summed E-state index contributed by atoms with van der Waals surface area (Å²) in [6.07, 6.45) is -2.27. The summed E-state index contributed by atoms with van der Waals surface area (Å²) in [5.74, 6) is -15.4. The summed E-state index contributed by atoms with van der Waals surface area (Å²) in [4.78, 5) is 194. The molecule has 5 rings (SSSR count). The third-order valence-corrected chi connectivity index (χ3v) is 16.6. The molecular formula is C67H94FN17O15. The van der Waals surface area contributed by atoms with E-state index in [-0.39, 0.29) is 87.8 Å². The highest BCUT2D eigenvalue weighted by atomic mass is 19.1. The predicted octanol–water partition coefficient (Wildman–Crippen LogP) is -2.34. The maximum Gasteiger partial charge on any atom is 0.328 e. The number of guanidine groups is 2. The van der Waals surface area contributed by atoms with Crippen molar-refractivity contribution < 1.29 is 76.6 Å². The second-order valence-corrected chi connectivity index (χ2v) is 25.7. The molecule has 32 nitrogen and oxygen atoms in total. The Labute approximate surface area is 578 Å². The molecule has 100 heavy (non-hydrogen) atoms. The number of phenolic OH excluding ortho intramolecular Hbond substituents is 1. The van der Waals surface area contributed by atoms with Gasteiger partial charge in [0.1, 0.15) is 66.5 Å². The number of ether oxygens (including phenoxy) is 1. The van der Waals surface area contributed by atoms with Gasteiger partial charge in [0.2, 0.25) is 64.9 Å².